The maximum absolute atomic E-state index is 11.2. The van der Waals surface area contributed by atoms with E-state index in [1.807, 2.05) is 0 Å². The third kappa shape index (κ3) is 2.16. The van der Waals surface area contributed by atoms with Crippen molar-refractivity contribution < 1.29 is 13.0 Å². The molecular formula is C11H12N2O3S. The van der Waals surface area contributed by atoms with E-state index in [0.29, 0.717) is 16.3 Å². The van der Waals surface area contributed by atoms with Gasteiger partial charge >= 0.3 is 0 Å². The Bertz CT molecular complexity index is 665. The summed E-state index contributed by atoms with van der Waals surface area (Å²) >= 11 is 0. The van der Waals surface area contributed by atoms with Crippen molar-refractivity contribution in [3.8, 4) is 0 Å². The average molecular weight is 252 g/mol. The molecular weight excluding hydrogens is 240 g/mol. The second-order valence-corrected chi connectivity index (χ2v) is 5.09. The molecule has 0 aromatic heterocycles. The van der Waals surface area contributed by atoms with E-state index in [4.69, 9.17) is 16.0 Å². The Morgan fingerprint density at radius 3 is 2.18 bits per heavy atom. The molecule has 0 aliphatic rings. The number of hydrogen-bond acceptors (Lipinski definition) is 4. The van der Waals surface area contributed by atoms with Crippen molar-refractivity contribution in [3.63, 3.8) is 0 Å². The first-order valence-corrected chi connectivity index (χ1v) is 6.35. The Morgan fingerprint density at radius 2 is 1.59 bits per heavy atom. The zero-order chi connectivity index (χ0) is 12.6. The lowest BCUT2D eigenvalue weighted by Gasteiger charge is -2.11. The van der Waals surface area contributed by atoms with Gasteiger partial charge in [-0.1, -0.05) is 30.3 Å². The highest BCUT2D eigenvalue weighted by atomic mass is 32.2. The Hall–Kier alpha value is -1.47. The minimum atomic E-state index is -4.25. The Labute approximate surface area is 98.8 Å². The summed E-state index contributed by atoms with van der Waals surface area (Å²) in [4.78, 5) is -0.141. The molecule has 0 fully saturated rings. The van der Waals surface area contributed by atoms with E-state index in [0.717, 1.165) is 0 Å². The molecule has 6 heteroatoms. The summed E-state index contributed by atoms with van der Waals surface area (Å²) in [7, 11) is -4.25. The molecule has 5 N–H and O–H groups in total. The first kappa shape index (κ1) is 12.0. The lowest BCUT2D eigenvalue weighted by atomic mass is 10.0. The molecule has 2 rings (SSSR count). The number of hydrogen-bond donors (Lipinski definition) is 3. The summed E-state index contributed by atoms with van der Waals surface area (Å²) in [5.74, 6) is 0. The van der Waals surface area contributed by atoms with Gasteiger partial charge in [-0.05, 0) is 17.0 Å². The fourth-order valence-electron chi connectivity index (χ4n) is 1.82. The van der Waals surface area contributed by atoms with E-state index < -0.39 is 16.3 Å². The van der Waals surface area contributed by atoms with Crippen LogP contribution in [0.25, 0.3) is 10.8 Å². The highest BCUT2D eigenvalue weighted by molar-refractivity contribution is 7.86. The molecule has 0 unspecified atom stereocenters. The molecule has 0 aliphatic heterocycles. The third-order valence-electron chi connectivity index (χ3n) is 2.55. The SMILES string of the molecule is NC(N)c1cccc2c(S(=O)(=O)O)cccc12. The van der Waals surface area contributed by atoms with Gasteiger partial charge in [-0.2, -0.15) is 8.42 Å². The van der Waals surface area contributed by atoms with Gasteiger partial charge in [0.25, 0.3) is 10.1 Å². The molecule has 0 amide bonds. The summed E-state index contributed by atoms with van der Waals surface area (Å²) in [5.41, 5.74) is 11.8. The van der Waals surface area contributed by atoms with Gasteiger partial charge in [0.05, 0.1) is 6.17 Å². The van der Waals surface area contributed by atoms with Crippen LogP contribution in [0.2, 0.25) is 0 Å². The molecule has 0 saturated heterocycles. The summed E-state index contributed by atoms with van der Waals surface area (Å²) in [5, 5.41) is 1.03. The first-order chi connectivity index (χ1) is 7.91. The van der Waals surface area contributed by atoms with Crippen LogP contribution in [0.5, 0.6) is 0 Å². The lowest BCUT2D eigenvalue weighted by molar-refractivity contribution is 0.484. The van der Waals surface area contributed by atoms with Gasteiger partial charge < -0.3 is 11.5 Å². The van der Waals surface area contributed by atoms with Crippen LogP contribution in [0.3, 0.4) is 0 Å². The van der Waals surface area contributed by atoms with Crippen molar-refractivity contribution in [1.82, 2.24) is 0 Å². The maximum atomic E-state index is 11.2. The van der Waals surface area contributed by atoms with Gasteiger partial charge in [-0.15, -0.1) is 0 Å². The monoisotopic (exact) mass is 252 g/mol. The molecule has 0 atom stereocenters. The van der Waals surface area contributed by atoms with Gasteiger partial charge in [0, 0.05) is 5.39 Å². The molecule has 2 aromatic carbocycles. The zero-order valence-corrected chi connectivity index (χ0v) is 9.68. The lowest BCUT2D eigenvalue weighted by Crippen LogP contribution is -2.20. The quantitative estimate of drug-likeness (QED) is 0.546. The maximum Gasteiger partial charge on any atom is 0.295 e. The molecule has 2 aromatic rings. The smallest absolute Gasteiger partial charge is 0.295 e. The van der Waals surface area contributed by atoms with Crippen molar-refractivity contribution in [2.75, 3.05) is 0 Å². The second-order valence-electron chi connectivity index (χ2n) is 3.70. The van der Waals surface area contributed by atoms with E-state index in [2.05, 4.69) is 0 Å². The largest absolute Gasteiger partial charge is 0.312 e. The molecule has 5 nitrogen and oxygen atoms in total. The van der Waals surface area contributed by atoms with Crippen LogP contribution in [0, 0.1) is 0 Å². The standard InChI is InChI=1S/C11H12N2O3S/c12-11(13)9-5-1-4-8-7(9)3-2-6-10(8)17(14,15)16/h1-6,11H,12-13H2,(H,14,15,16). The van der Waals surface area contributed by atoms with Crippen molar-refractivity contribution in [3.05, 3.63) is 42.0 Å². The minimum Gasteiger partial charge on any atom is -0.312 e. The van der Waals surface area contributed by atoms with E-state index in [9.17, 15) is 8.42 Å². The third-order valence-corrected chi connectivity index (χ3v) is 3.46. The molecule has 0 spiro atoms. The van der Waals surface area contributed by atoms with Crippen LogP contribution >= 0.6 is 0 Å². The topological polar surface area (TPSA) is 106 Å². The van der Waals surface area contributed by atoms with Crippen molar-refractivity contribution >= 4 is 20.9 Å². The number of rotatable bonds is 2. The Kier molecular flexibility index (Phi) is 2.88. The molecule has 0 heterocycles. The number of nitrogens with two attached hydrogens (primary N) is 2. The molecule has 90 valence electrons. The van der Waals surface area contributed by atoms with Crippen LogP contribution in [0.1, 0.15) is 11.7 Å². The fourth-order valence-corrected chi connectivity index (χ4v) is 2.53. The van der Waals surface area contributed by atoms with Gasteiger partial charge in [-0.25, -0.2) is 0 Å². The van der Waals surface area contributed by atoms with Gasteiger partial charge in [0.2, 0.25) is 0 Å². The molecule has 17 heavy (non-hydrogen) atoms. The van der Waals surface area contributed by atoms with Crippen LogP contribution in [-0.4, -0.2) is 13.0 Å². The molecule has 0 radical (unpaired) electrons. The van der Waals surface area contributed by atoms with Crippen LogP contribution in [0.4, 0.5) is 0 Å². The van der Waals surface area contributed by atoms with Crippen LogP contribution in [0.15, 0.2) is 41.3 Å². The number of benzene rings is 2. The van der Waals surface area contributed by atoms with Gasteiger partial charge in [0.1, 0.15) is 4.90 Å². The summed E-state index contributed by atoms with van der Waals surface area (Å²) in [6, 6.07) is 9.57. The fraction of sp³-hybridized carbons (Fsp3) is 0.0909. The molecule has 0 saturated carbocycles. The molecule has 0 aliphatic carbocycles. The van der Waals surface area contributed by atoms with E-state index in [1.165, 1.54) is 12.1 Å². The molecule has 0 bridgehead atoms. The Morgan fingerprint density at radius 1 is 1.00 bits per heavy atom. The first-order valence-electron chi connectivity index (χ1n) is 4.91. The van der Waals surface area contributed by atoms with E-state index in [1.54, 1.807) is 24.3 Å². The summed E-state index contributed by atoms with van der Waals surface area (Å²) in [6.07, 6.45) is -0.699. The average Bonchev–Trinajstić information content (AvgIpc) is 2.26. The van der Waals surface area contributed by atoms with Crippen molar-refractivity contribution in [2.45, 2.75) is 11.1 Å². The van der Waals surface area contributed by atoms with Crippen molar-refractivity contribution in [1.29, 1.82) is 0 Å². The predicted molar refractivity (Wildman–Crippen MR) is 64.9 cm³/mol. The summed E-state index contributed by atoms with van der Waals surface area (Å²) in [6.45, 7) is 0. The minimum absolute atomic E-state index is 0.141. The van der Waals surface area contributed by atoms with E-state index in [-0.39, 0.29) is 4.90 Å². The highest BCUT2D eigenvalue weighted by Gasteiger charge is 2.15. The van der Waals surface area contributed by atoms with Gasteiger partial charge in [0.15, 0.2) is 0 Å². The predicted octanol–water partition coefficient (Wildman–Crippen LogP) is 1.00. The van der Waals surface area contributed by atoms with E-state index >= 15 is 0 Å². The van der Waals surface area contributed by atoms with Crippen molar-refractivity contribution in [2.24, 2.45) is 11.5 Å². The van der Waals surface area contributed by atoms with Crippen LogP contribution < -0.4 is 11.5 Å². The normalized spacial score (nSPS) is 12.2. The van der Waals surface area contributed by atoms with Gasteiger partial charge in [-0.3, -0.25) is 4.55 Å². The number of fused-ring (bicyclic) bond motifs is 1. The highest BCUT2D eigenvalue weighted by Crippen LogP contribution is 2.26. The Balaban J connectivity index is 2.89. The van der Waals surface area contributed by atoms with Crippen LogP contribution in [-0.2, 0) is 10.1 Å². The zero-order valence-electron chi connectivity index (χ0n) is 8.87. The second kappa shape index (κ2) is 4.08. The summed E-state index contributed by atoms with van der Waals surface area (Å²) < 4.78 is 31.6.